The average molecular weight is 254 g/mol. The van der Waals surface area contributed by atoms with Crippen LogP contribution in [-0.2, 0) is 0 Å². The van der Waals surface area contributed by atoms with Gasteiger partial charge in [0.05, 0.1) is 0 Å². The number of nitrogens with one attached hydrogen (secondary N) is 1. The number of nitrogens with zero attached hydrogens (tertiary/aromatic N) is 1. The van der Waals surface area contributed by atoms with Crippen LogP contribution in [-0.4, -0.2) is 20.1 Å². The maximum atomic E-state index is 3.44. The van der Waals surface area contributed by atoms with Crippen molar-refractivity contribution in [2.75, 3.05) is 30.4 Å². The first-order valence-electron chi connectivity index (χ1n) is 6.82. The van der Waals surface area contributed by atoms with E-state index in [1.54, 1.807) is 0 Å². The standard InChI is InChI=1S/C17H22N2/c1-15-8-6-11-17(14-15)19(2)13-7-12-18-16-9-4-3-5-10-16/h3-6,8-11,14,18H,7,12-13H2,1-2H3. The molecule has 2 nitrogen and oxygen atoms in total. The molecular weight excluding hydrogens is 232 g/mol. The van der Waals surface area contributed by atoms with Crippen molar-refractivity contribution in [2.24, 2.45) is 0 Å². The Balaban J connectivity index is 1.74. The highest BCUT2D eigenvalue weighted by Crippen LogP contribution is 2.14. The summed E-state index contributed by atoms with van der Waals surface area (Å²) in [6, 6.07) is 19.0. The van der Waals surface area contributed by atoms with Crippen molar-refractivity contribution < 1.29 is 0 Å². The quantitative estimate of drug-likeness (QED) is 0.786. The Kier molecular flexibility index (Phi) is 4.85. The predicted octanol–water partition coefficient (Wildman–Crippen LogP) is 3.93. The van der Waals surface area contributed by atoms with E-state index in [0.717, 1.165) is 19.5 Å². The highest BCUT2D eigenvalue weighted by atomic mass is 15.1. The monoisotopic (exact) mass is 254 g/mol. The van der Waals surface area contributed by atoms with Gasteiger partial charge in [0, 0.05) is 31.5 Å². The highest BCUT2D eigenvalue weighted by Gasteiger charge is 2.00. The Hall–Kier alpha value is -1.96. The second kappa shape index (κ2) is 6.83. The third-order valence-corrected chi connectivity index (χ3v) is 3.22. The molecule has 0 bridgehead atoms. The summed E-state index contributed by atoms with van der Waals surface area (Å²) < 4.78 is 0. The summed E-state index contributed by atoms with van der Waals surface area (Å²) in [4.78, 5) is 2.31. The summed E-state index contributed by atoms with van der Waals surface area (Å²) in [7, 11) is 2.15. The van der Waals surface area contributed by atoms with E-state index in [1.807, 2.05) is 6.07 Å². The van der Waals surface area contributed by atoms with Crippen molar-refractivity contribution in [3.05, 3.63) is 60.2 Å². The Morgan fingerprint density at radius 2 is 1.79 bits per heavy atom. The molecule has 0 spiro atoms. The number of anilines is 2. The molecule has 2 heteroatoms. The van der Waals surface area contributed by atoms with Crippen molar-refractivity contribution in [3.63, 3.8) is 0 Å². The zero-order valence-corrected chi connectivity index (χ0v) is 11.8. The van der Waals surface area contributed by atoms with E-state index in [9.17, 15) is 0 Å². The van der Waals surface area contributed by atoms with Crippen molar-refractivity contribution >= 4 is 11.4 Å². The van der Waals surface area contributed by atoms with Crippen molar-refractivity contribution in [1.29, 1.82) is 0 Å². The fourth-order valence-corrected chi connectivity index (χ4v) is 2.10. The summed E-state index contributed by atoms with van der Waals surface area (Å²) in [5.74, 6) is 0. The second-order valence-electron chi connectivity index (χ2n) is 4.91. The summed E-state index contributed by atoms with van der Waals surface area (Å²) in [5, 5.41) is 3.44. The van der Waals surface area contributed by atoms with E-state index in [4.69, 9.17) is 0 Å². The molecule has 0 aliphatic heterocycles. The van der Waals surface area contributed by atoms with Gasteiger partial charge < -0.3 is 10.2 Å². The SMILES string of the molecule is Cc1cccc(N(C)CCCNc2ccccc2)c1. The predicted molar refractivity (Wildman–Crippen MR) is 84.0 cm³/mol. The molecule has 0 unspecified atom stereocenters. The van der Waals surface area contributed by atoms with Gasteiger partial charge >= 0.3 is 0 Å². The van der Waals surface area contributed by atoms with E-state index >= 15 is 0 Å². The molecule has 0 amide bonds. The molecule has 0 saturated heterocycles. The molecule has 100 valence electrons. The van der Waals surface area contributed by atoms with E-state index in [1.165, 1.54) is 16.9 Å². The minimum absolute atomic E-state index is 1.00. The van der Waals surface area contributed by atoms with Gasteiger partial charge in [0.2, 0.25) is 0 Å². The highest BCUT2D eigenvalue weighted by molar-refractivity contribution is 5.47. The zero-order chi connectivity index (χ0) is 13.5. The van der Waals surface area contributed by atoms with Gasteiger partial charge in [-0.15, -0.1) is 0 Å². The molecule has 0 radical (unpaired) electrons. The van der Waals surface area contributed by atoms with Gasteiger partial charge in [0.15, 0.2) is 0 Å². The van der Waals surface area contributed by atoms with Crippen LogP contribution >= 0.6 is 0 Å². The summed E-state index contributed by atoms with van der Waals surface area (Å²) in [5.41, 5.74) is 3.80. The van der Waals surface area contributed by atoms with Gasteiger partial charge in [-0.1, -0.05) is 30.3 Å². The first-order chi connectivity index (χ1) is 9.25. The lowest BCUT2D eigenvalue weighted by atomic mass is 10.2. The van der Waals surface area contributed by atoms with E-state index < -0.39 is 0 Å². The molecule has 1 N–H and O–H groups in total. The van der Waals surface area contributed by atoms with Crippen LogP contribution in [0, 0.1) is 6.92 Å². The fourth-order valence-electron chi connectivity index (χ4n) is 2.10. The Bertz CT molecular complexity index is 494. The van der Waals surface area contributed by atoms with Gasteiger partial charge in [-0.05, 0) is 43.2 Å². The maximum Gasteiger partial charge on any atom is 0.0366 e. The van der Waals surface area contributed by atoms with Crippen LogP contribution in [0.4, 0.5) is 11.4 Å². The lowest BCUT2D eigenvalue weighted by molar-refractivity contribution is 0.816. The Morgan fingerprint density at radius 3 is 2.53 bits per heavy atom. The normalized spacial score (nSPS) is 10.2. The molecule has 0 aliphatic carbocycles. The van der Waals surface area contributed by atoms with Gasteiger partial charge in [0.25, 0.3) is 0 Å². The van der Waals surface area contributed by atoms with E-state index in [0.29, 0.717) is 0 Å². The first-order valence-corrected chi connectivity index (χ1v) is 6.82. The average Bonchev–Trinajstić information content (AvgIpc) is 2.44. The number of rotatable bonds is 6. The molecule has 0 atom stereocenters. The van der Waals surface area contributed by atoms with Crippen LogP contribution in [0.1, 0.15) is 12.0 Å². The molecule has 0 aliphatic rings. The molecule has 2 rings (SSSR count). The number of para-hydroxylation sites is 1. The maximum absolute atomic E-state index is 3.44. The van der Waals surface area contributed by atoms with Crippen LogP contribution < -0.4 is 10.2 Å². The lowest BCUT2D eigenvalue weighted by Crippen LogP contribution is -2.20. The fraction of sp³-hybridized carbons (Fsp3) is 0.294. The number of benzene rings is 2. The molecule has 19 heavy (non-hydrogen) atoms. The number of hydrogen-bond acceptors (Lipinski definition) is 2. The molecule has 0 heterocycles. The molecule has 2 aromatic rings. The molecule has 2 aromatic carbocycles. The minimum atomic E-state index is 1.00. The van der Waals surface area contributed by atoms with Crippen LogP contribution in [0.25, 0.3) is 0 Å². The second-order valence-corrected chi connectivity index (χ2v) is 4.91. The number of aryl methyl sites for hydroxylation is 1. The van der Waals surface area contributed by atoms with Crippen molar-refractivity contribution in [1.82, 2.24) is 0 Å². The molecular formula is C17H22N2. The number of hydrogen-bond donors (Lipinski definition) is 1. The van der Waals surface area contributed by atoms with Gasteiger partial charge in [0.1, 0.15) is 0 Å². The van der Waals surface area contributed by atoms with Crippen LogP contribution in [0.3, 0.4) is 0 Å². The third-order valence-electron chi connectivity index (χ3n) is 3.22. The minimum Gasteiger partial charge on any atom is -0.385 e. The topological polar surface area (TPSA) is 15.3 Å². The smallest absolute Gasteiger partial charge is 0.0366 e. The zero-order valence-electron chi connectivity index (χ0n) is 11.8. The molecule has 0 fully saturated rings. The Labute approximate surface area is 116 Å². The van der Waals surface area contributed by atoms with Crippen LogP contribution in [0.15, 0.2) is 54.6 Å². The van der Waals surface area contributed by atoms with E-state index in [2.05, 4.69) is 72.7 Å². The van der Waals surface area contributed by atoms with Crippen LogP contribution in [0.5, 0.6) is 0 Å². The third kappa shape index (κ3) is 4.32. The van der Waals surface area contributed by atoms with Crippen molar-refractivity contribution in [2.45, 2.75) is 13.3 Å². The Morgan fingerprint density at radius 1 is 1.00 bits per heavy atom. The van der Waals surface area contributed by atoms with Crippen molar-refractivity contribution in [3.8, 4) is 0 Å². The lowest BCUT2D eigenvalue weighted by Gasteiger charge is -2.20. The van der Waals surface area contributed by atoms with Gasteiger partial charge in [-0.3, -0.25) is 0 Å². The molecule has 0 saturated carbocycles. The first kappa shape index (κ1) is 13.5. The van der Waals surface area contributed by atoms with Gasteiger partial charge in [-0.25, -0.2) is 0 Å². The van der Waals surface area contributed by atoms with E-state index in [-0.39, 0.29) is 0 Å². The summed E-state index contributed by atoms with van der Waals surface area (Å²) in [6.07, 6.45) is 1.12. The van der Waals surface area contributed by atoms with Crippen LogP contribution in [0.2, 0.25) is 0 Å². The largest absolute Gasteiger partial charge is 0.385 e. The summed E-state index contributed by atoms with van der Waals surface area (Å²) >= 11 is 0. The van der Waals surface area contributed by atoms with Gasteiger partial charge in [-0.2, -0.15) is 0 Å². The molecule has 0 aromatic heterocycles. The summed E-state index contributed by atoms with van der Waals surface area (Å²) in [6.45, 7) is 4.19.